The standard InChI is InChI=1S/C30H33FN6O4/c1-39-14-13-33-30-32-12-11-24(35-30)29-28(22-7-9-23(31)10-8-22)36-25(37-29)16-27-40-18-21(19-41-27)17-34-26(38)15-20-5-3-2-4-6-20/h2-12,21,27H,13-19H2,1H3,(H,34,38)(H,36,37)(H,32,33,35). The zero-order valence-electron chi connectivity index (χ0n) is 22.8. The van der Waals surface area contributed by atoms with Crippen LogP contribution in [0.2, 0.25) is 0 Å². The average Bonchev–Trinajstić information content (AvgIpc) is 3.42. The topological polar surface area (TPSA) is 123 Å². The van der Waals surface area contributed by atoms with Crippen molar-refractivity contribution in [2.45, 2.75) is 19.1 Å². The Labute approximate surface area is 237 Å². The zero-order chi connectivity index (χ0) is 28.4. The van der Waals surface area contributed by atoms with Crippen LogP contribution in [0, 0.1) is 11.7 Å². The van der Waals surface area contributed by atoms with Crippen LogP contribution < -0.4 is 10.6 Å². The molecule has 11 heteroatoms. The van der Waals surface area contributed by atoms with Gasteiger partial charge >= 0.3 is 0 Å². The molecule has 41 heavy (non-hydrogen) atoms. The number of halogens is 1. The summed E-state index contributed by atoms with van der Waals surface area (Å²) in [7, 11) is 1.63. The molecule has 1 fully saturated rings. The third-order valence-electron chi connectivity index (χ3n) is 6.56. The molecule has 1 saturated heterocycles. The smallest absolute Gasteiger partial charge is 0.224 e. The van der Waals surface area contributed by atoms with Crippen molar-refractivity contribution in [1.29, 1.82) is 0 Å². The molecular weight excluding hydrogens is 527 g/mol. The zero-order valence-corrected chi connectivity index (χ0v) is 22.8. The van der Waals surface area contributed by atoms with Crippen molar-refractivity contribution in [2.75, 3.05) is 45.3 Å². The number of hydrogen-bond donors (Lipinski definition) is 3. The summed E-state index contributed by atoms with van der Waals surface area (Å²) in [5.41, 5.74) is 3.66. The number of nitrogens with zero attached hydrogens (tertiary/aromatic N) is 3. The highest BCUT2D eigenvalue weighted by Crippen LogP contribution is 2.30. The van der Waals surface area contributed by atoms with Gasteiger partial charge in [-0.3, -0.25) is 4.79 Å². The Bertz CT molecular complexity index is 1410. The summed E-state index contributed by atoms with van der Waals surface area (Å²) in [6.45, 7) is 2.47. The maximum Gasteiger partial charge on any atom is 0.224 e. The summed E-state index contributed by atoms with van der Waals surface area (Å²) in [6, 6.07) is 17.6. The number of H-pyrrole nitrogens is 1. The summed E-state index contributed by atoms with van der Waals surface area (Å²) >= 11 is 0. The van der Waals surface area contributed by atoms with Crippen LogP contribution in [0.3, 0.4) is 0 Å². The number of aromatic amines is 1. The second-order valence-corrected chi connectivity index (χ2v) is 9.73. The molecule has 3 N–H and O–H groups in total. The number of rotatable bonds is 12. The Morgan fingerprint density at radius 1 is 1.07 bits per heavy atom. The van der Waals surface area contributed by atoms with Gasteiger partial charge in [-0.05, 0) is 35.9 Å². The molecule has 4 aromatic rings. The molecule has 1 aliphatic rings. The molecule has 0 bridgehead atoms. The number of nitrogens with one attached hydrogen (secondary N) is 3. The van der Waals surface area contributed by atoms with Gasteiger partial charge in [0.25, 0.3) is 0 Å². The molecule has 214 valence electrons. The molecule has 0 atom stereocenters. The molecule has 2 aromatic heterocycles. The van der Waals surface area contributed by atoms with E-state index in [2.05, 4.69) is 25.6 Å². The van der Waals surface area contributed by atoms with E-state index in [1.165, 1.54) is 12.1 Å². The van der Waals surface area contributed by atoms with Crippen LogP contribution in [0.4, 0.5) is 10.3 Å². The van der Waals surface area contributed by atoms with Crippen LogP contribution in [-0.4, -0.2) is 72.2 Å². The van der Waals surface area contributed by atoms with E-state index in [1.807, 2.05) is 30.3 Å². The number of benzene rings is 2. The largest absolute Gasteiger partial charge is 0.383 e. The minimum absolute atomic E-state index is 0.0310. The van der Waals surface area contributed by atoms with Crippen molar-refractivity contribution in [2.24, 2.45) is 5.92 Å². The van der Waals surface area contributed by atoms with Gasteiger partial charge in [0, 0.05) is 37.9 Å². The quantitative estimate of drug-likeness (QED) is 0.225. The monoisotopic (exact) mass is 560 g/mol. The van der Waals surface area contributed by atoms with Crippen molar-refractivity contribution >= 4 is 11.9 Å². The number of carbonyl (C=O) groups excluding carboxylic acids is 1. The number of hydrogen-bond acceptors (Lipinski definition) is 8. The summed E-state index contributed by atoms with van der Waals surface area (Å²) in [5, 5.41) is 6.10. The molecule has 0 radical (unpaired) electrons. The van der Waals surface area contributed by atoms with Gasteiger partial charge < -0.3 is 29.8 Å². The van der Waals surface area contributed by atoms with Gasteiger partial charge in [0.05, 0.1) is 49.7 Å². The number of anilines is 1. The lowest BCUT2D eigenvalue weighted by atomic mass is 10.1. The highest BCUT2D eigenvalue weighted by molar-refractivity contribution is 5.78. The van der Waals surface area contributed by atoms with E-state index in [-0.39, 0.29) is 17.6 Å². The molecule has 10 nitrogen and oxygen atoms in total. The molecule has 3 heterocycles. The van der Waals surface area contributed by atoms with Crippen molar-refractivity contribution in [3.8, 4) is 22.6 Å². The Hall–Kier alpha value is -4.19. The highest BCUT2D eigenvalue weighted by Gasteiger charge is 2.25. The first-order valence-electron chi connectivity index (χ1n) is 13.5. The molecule has 0 saturated carbocycles. The summed E-state index contributed by atoms with van der Waals surface area (Å²) < 4.78 is 30.7. The summed E-state index contributed by atoms with van der Waals surface area (Å²) in [4.78, 5) is 29.4. The lowest BCUT2D eigenvalue weighted by molar-refractivity contribution is -0.198. The summed E-state index contributed by atoms with van der Waals surface area (Å²) in [5.74, 6) is 0.801. The van der Waals surface area contributed by atoms with Crippen molar-refractivity contribution in [1.82, 2.24) is 25.3 Å². The minimum atomic E-state index is -0.497. The molecule has 2 aromatic carbocycles. The number of amides is 1. The molecule has 0 aliphatic carbocycles. The first-order valence-corrected chi connectivity index (χ1v) is 13.5. The van der Waals surface area contributed by atoms with E-state index in [4.69, 9.17) is 19.2 Å². The molecular formula is C30H33FN6O4. The van der Waals surface area contributed by atoms with Crippen LogP contribution in [-0.2, 0) is 31.8 Å². The lowest BCUT2D eigenvalue weighted by Gasteiger charge is -2.29. The maximum absolute atomic E-state index is 13.6. The van der Waals surface area contributed by atoms with Gasteiger partial charge in [-0.25, -0.2) is 19.3 Å². The maximum atomic E-state index is 13.6. The van der Waals surface area contributed by atoms with Crippen LogP contribution >= 0.6 is 0 Å². The lowest BCUT2D eigenvalue weighted by Crippen LogP contribution is -2.40. The van der Waals surface area contributed by atoms with Crippen LogP contribution in [0.15, 0.2) is 66.9 Å². The minimum Gasteiger partial charge on any atom is -0.383 e. The van der Waals surface area contributed by atoms with E-state index in [0.717, 1.165) is 11.1 Å². The van der Waals surface area contributed by atoms with Gasteiger partial charge in [0.2, 0.25) is 11.9 Å². The Morgan fingerprint density at radius 2 is 1.85 bits per heavy atom. The van der Waals surface area contributed by atoms with E-state index in [9.17, 15) is 9.18 Å². The van der Waals surface area contributed by atoms with E-state index >= 15 is 0 Å². The molecule has 1 amide bonds. The normalized spacial score (nSPS) is 16.8. The second kappa shape index (κ2) is 13.9. The van der Waals surface area contributed by atoms with Gasteiger partial charge in [-0.1, -0.05) is 30.3 Å². The first kappa shape index (κ1) is 28.3. The average molecular weight is 561 g/mol. The molecule has 1 aliphatic heterocycles. The number of ether oxygens (including phenoxy) is 3. The second-order valence-electron chi connectivity index (χ2n) is 9.73. The summed E-state index contributed by atoms with van der Waals surface area (Å²) in [6.07, 6.45) is 1.89. The number of methoxy groups -OCH3 is 1. The van der Waals surface area contributed by atoms with Crippen molar-refractivity contribution in [3.05, 3.63) is 84.1 Å². The van der Waals surface area contributed by atoms with Crippen LogP contribution in [0.25, 0.3) is 22.6 Å². The highest BCUT2D eigenvalue weighted by atomic mass is 19.1. The van der Waals surface area contributed by atoms with Gasteiger partial charge in [-0.2, -0.15) is 0 Å². The molecule has 0 unspecified atom stereocenters. The SMILES string of the molecule is COCCNc1nccc(-c2[nH]c(CC3OCC(CNC(=O)Cc4ccccc4)CO3)nc2-c2ccc(F)cc2)n1. The number of imidazole rings is 1. The van der Waals surface area contributed by atoms with E-state index in [0.29, 0.717) is 74.6 Å². The third kappa shape index (κ3) is 7.94. The van der Waals surface area contributed by atoms with Gasteiger partial charge in [0.15, 0.2) is 6.29 Å². The van der Waals surface area contributed by atoms with Crippen LogP contribution in [0.1, 0.15) is 11.4 Å². The van der Waals surface area contributed by atoms with E-state index < -0.39 is 6.29 Å². The Morgan fingerprint density at radius 3 is 2.61 bits per heavy atom. The fourth-order valence-corrected chi connectivity index (χ4v) is 4.45. The predicted octanol–water partition coefficient (Wildman–Crippen LogP) is 3.62. The fraction of sp³-hybridized carbons (Fsp3) is 0.333. The van der Waals surface area contributed by atoms with E-state index in [1.54, 1.807) is 31.5 Å². The number of carbonyl (C=O) groups is 1. The Kier molecular flexibility index (Phi) is 9.63. The molecule has 5 rings (SSSR count). The third-order valence-corrected chi connectivity index (χ3v) is 6.56. The van der Waals surface area contributed by atoms with Gasteiger partial charge in [-0.15, -0.1) is 0 Å². The number of aromatic nitrogens is 4. The van der Waals surface area contributed by atoms with Crippen molar-refractivity contribution in [3.63, 3.8) is 0 Å². The van der Waals surface area contributed by atoms with Crippen LogP contribution in [0.5, 0.6) is 0 Å². The Balaban J connectivity index is 1.22. The van der Waals surface area contributed by atoms with Crippen molar-refractivity contribution < 1.29 is 23.4 Å². The fourth-order valence-electron chi connectivity index (χ4n) is 4.45. The molecule has 0 spiro atoms. The van der Waals surface area contributed by atoms with Gasteiger partial charge in [0.1, 0.15) is 11.6 Å². The first-order chi connectivity index (χ1) is 20.1. The predicted molar refractivity (Wildman–Crippen MR) is 151 cm³/mol.